The first-order chi connectivity index (χ1) is 15.1. The second-order valence-corrected chi connectivity index (χ2v) is 7.20. The number of para-hydroxylation sites is 2. The number of nitrogens with zero attached hydrogens (tertiary/aromatic N) is 3. The van der Waals surface area contributed by atoms with Crippen LogP contribution in [0.1, 0.15) is 18.1 Å². The Bertz CT molecular complexity index is 1110. The number of rotatable bonds is 5. The Hall–Kier alpha value is -3.77. The molecule has 6 nitrogen and oxygen atoms in total. The summed E-state index contributed by atoms with van der Waals surface area (Å²) >= 11 is 0. The van der Waals surface area contributed by atoms with Gasteiger partial charge in [0.05, 0.1) is 11.4 Å². The molecule has 1 heterocycles. The van der Waals surface area contributed by atoms with Crippen LogP contribution in [0.15, 0.2) is 89.9 Å². The molecule has 0 aliphatic carbocycles. The van der Waals surface area contributed by atoms with Crippen LogP contribution in [-0.2, 0) is 9.59 Å². The van der Waals surface area contributed by atoms with Gasteiger partial charge in [0.1, 0.15) is 6.54 Å². The van der Waals surface area contributed by atoms with Crippen molar-refractivity contribution in [1.29, 1.82) is 0 Å². The molecule has 0 spiro atoms. The Morgan fingerprint density at radius 2 is 1.58 bits per heavy atom. The molecule has 3 aromatic carbocycles. The number of fused-ring (bicyclic) bond motifs is 1. The summed E-state index contributed by atoms with van der Waals surface area (Å²) < 4.78 is 0. The highest BCUT2D eigenvalue weighted by Gasteiger charge is 2.32. The van der Waals surface area contributed by atoms with Crippen molar-refractivity contribution in [1.82, 2.24) is 0 Å². The molecule has 0 fully saturated rings. The van der Waals surface area contributed by atoms with Gasteiger partial charge in [0.15, 0.2) is 6.17 Å². The lowest BCUT2D eigenvalue weighted by atomic mass is 10.0. The summed E-state index contributed by atoms with van der Waals surface area (Å²) in [5.74, 6) is -0.594. The number of hydrogen-bond acceptors (Lipinski definition) is 4. The molecule has 3 aromatic rings. The van der Waals surface area contributed by atoms with Gasteiger partial charge in [-0.15, -0.1) is 0 Å². The molecular formula is C25H24N4O2. The lowest BCUT2D eigenvalue weighted by Crippen LogP contribution is -2.48. The summed E-state index contributed by atoms with van der Waals surface area (Å²) in [5, 5.41) is 0. The molecule has 0 bridgehead atoms. The summed E-state index contributed by atoms with van der Waals surface area (Å²) in [7, 11) is 0. The highest BCUT2D eigenvalue weighted by molar-refractivity contribution is 6.20. The number of benzodiazepines with no additional fused rings is 1. The molecule has 2 N–H and O–H groups in total. The van der Waals surface area contributed by atoms with Gasteiger partial charge in [0.25, 0.3) is 5.91 Å². The fourth-order valence-corrected chi connectivity index (χ4v) is 3.77. The van der Waals surface area contributed by atoms with Crippen molar-refractivity contribution < 1.29 is 9.59 Å². The minimum absolute atomic E-state index is 0.121. The molecule has 4 rings (SSSR count). The maximum atomic E-state index is 13.2. The van der Waals surface area contributed by atoms with Crippen molar-refractivity contribution in [3.63, 3.8) is 0 Å². The fraction of sp³-hybridized carbons (Fsp3) is 0.160. The molecule has 156 valence electrons. The largest absolute Gasteiger partial charge is 0.311 e. The van der Waals surface area contributed by atoms with Crippen LogP contribution >= 0.6 is 0 Å². The minimum atomic E-state index is -1.10. The summed E-state index contributed by atoms with van der Waals surface area (Å²) in [4.78, 5) is 34.1. The number of hydrogen-bond donors (Lipinski definition) is 1. The second-order valence-electron chi connectivity index (χ2n) is 7.20. The number of amides is 2. The molecule has 31 heavy (non-hydrogen) atoms. The Morgan fingerprint density at radius 1 is 0.968 bits per heavy atom. The van der Waals surface area contributed by atoms with Crippen LogP contribution in [-0.4, -0.2) is 36.8 Å². The van der Waals surface area contributed by atoms with Crippen LogP contribution in [0.3, 0.4) is 0 Å². The summed E-state index contributed by atoms with van der Waals surface area (Å²) in [6.07, 6.45) is -1.10. The van der Waals surface area contributed by atoms with Crippen molar-refractivity contribution in [3.05, 3.63) is 96.1 Å². The van der Waals surface area contributed by atoms with Gasteiger partial charge in [-0.05, 0) is 25.1 Å². The van der Waals surface area contributed by atoms with Crippen molar-refractivity contribution in [2.45, 2.75) is 13.1 Å². The number of likely N-dealkylation sites (N-methyl/N-ethyl adjacent to an activating group) is 1. The third-order valence-electron chi connectivity index (χ3n) is 5.26. The van der Waals surface area contributed by atoms with Crippen LogP contribution in [0.2, 0.25) is 0 Å². The van der Waals surface area contributed by atoms with E-state index in [2.05, 4.69) is 4.99 Å². The van der Waals surface area contributed by atoms with E-state index in [1.165, 1.54) is 4.90 Å². The number of anilines is 2. The zero-order chi connectivity index (χ0) is 21.8. The van der Waals surface area contributed by atoms with Gasteiger partial charge >= 0.3 is 0 Å². The number of nitrogens with two attached hydrogens (primary N) is 1. The highest BCUT2D eigenvalue weighted by atomic mass is 16.2. The Morgan fingerprint density at radius 3 is 2.26 bits per heavy atom. The van der Waals surface area contributed by atoms with E-state index in [1.807, 2.05) is 91.9 Å². The van der Waals surface area contributed by atoms with Gasteiger partial charge in [-0.1, -0.05) is 66.7 Å². The van der Waals surface area contributed by atoms with Crippen LogP contribution in [0, 0.1) is 0 Å². The van der Waals surface area contributed by atoms with E-state index in [-0.39, 0.29) is 12.5 Å². The topological polar surface area (TPSA) is 79.0 Å². The normalized spacial score (nSPS) is 15.7. The SMILES string of the molecule is CCN(C(=O)CN1C(=O)C(N)N=C(c2ccccc2)c2ccccc21)c1ccccc1. The van der Waals surface area contributed by atoms with Gasteiger partial charge in [-0.2, -0.15) is 0 Å². The first kappa shape index (κ1) is 20.5. The number of carbonyl (C=O) groups excluding carboxylic acids is 2. The van der Waals surface area contributed by atoms with Gasteiger partial charge < -0.3 is 10.6 Å². The molecule has 1 unspecified atom stereocenters. The zero-order valence-corrected chi connectivity index (χ0v) is 17.3. The third kappa shape index (κ3) is 4.11. The monoisotopic (exact) mass is 412 g/mol. The fourth-order valence-electron chi connectivity index (χ4n) is 3.77. The predicted octanol–water partition coefficient (Wildman–Crippen LogP) is 3.21. The second kappa shape index (κ2) is 8.93. The van der Waals surface area contributed by atoms with Crippen molar-refractivity contribution in [2.24, 2.45) is 10.7 Å². The van der Waals surface area contributed by atoms with Crippen LogP contribution in [0.5, 0.6) is 0 Å². The van der Waals surface area contributed by atoms with Crippen LogP contribution in [0.4, 0.5) is 11.4 Å². The van der Waals surface area contributed by atoms with Crippen molar-refractivity contribution >= 4 is 28.9 Å². The molecule has 1 aliphatic rings. The van der Waals surface area contributed by atoms with E-state index in [4.69, 9.17) is 5.73 Å². The van der Waals surface area contributed by atoms with Gasteiger partial charge in [-0.25, -0.2) is 0 Å². The quantitative estimate of drug-likeness (QED) is 0.699. The van der Waals surface area contributed by atoms with Crippen molar-refractivity contribution in [2.75, 3.05) is 22.9 Å². The summed E-state index contributed by atoms with van der Waals surface area (Å²) in [5.41, 5.74) is 9.86. The zero-order valence-electron chi connectivity index (χ0n) is 17.3. The van der Waals surface area contributed by atoms with Gasteiger partial charge in [-0.3, -0.25) is 19.5 Å². The standard InChI is InChI=1S/C25H24N4O2/c1-2-28(19-13-7-4-8-14-19)22(30)17-29-21-16-10-9-15-20(21)23(27-24(26)25(29)31)18-11-5-3-6-12-18/h3-16,24H,2,17,26H2,1H3. The molecule has 2 amide bonds. The lowest BCUT2D eigenvalue weighted by molar-refractivity contribution is -0.123. The van der Waals surface area contributed by atoms with Gasteiger partial charge in [0, 0.05) is 23.4 Å². The minimum Gasteiger partial charge on any atom is -0.311 e. The maximum Gasteiger partial charge on any atom is 0.266 e. The van der Waals surface area contributed by atoms with Crippen LogP contribution in [0.25, 0.3) is 0 Å². The number of aliphatic imine (C=N–C) groups is 1. The Labute approximate surface area is 181 Å². The van der Waals surface area contributed by atoms with E-state index in [1.54, 1.807) is 4.90 Å². The maximum absolute atomic E-state index is 13.2. The van der Waals surface area contributed by atoms with Crippen LogP contribution < -0.4 is 15.5 Å². The van der Waals surface area contributed by atoms with E-state index in [0.717, 1.165) is 16.8 Å². The molecule has 0 radical (unpaired) electrons. The molecule has 1 atom stereocenters. The molecule has 6 heteroatoms. The Kier molecular flexibility index (Phi) is 5.91. The van der Waals surface area contributed by atoms with E-state index >= 15 is 0 Å². The average molecular weight is 412 g/mol. The molecular weight excluding hydrogens is 388 g/mol. The molecule has 0 aromatic heterocycles. The summed E-state index contributed by atoms with van der Waals surface area (Å²) in [6.45, 7) is 2.28. The molecule has 1 aliphatic heterocycles. The predicted molar refractivity (Wildman–Crippen MR) is 123 cm³/mol. The first-order valence-electron chi connectivity index (χ1n) is 10.2. The van der Waals surface area contributed by atoms with E-state index in [0.29, 0.717) is 17.9 Å². The third-order valence-corrected chi connectivity index (χ3v) is 5.26. The number of benzene rings is 3. The van der Waals surface area contributed by atoms with Crippen molar-refractivity contribution in [3.8, 4) is 0 Å². The van der Waals surface area contributed by atoms with E-state index in [9.17, 15) is 9.59 Å². The smallest absolute Gasteiger partial charge is 0.266 e. The lowest BCUT2D eigenvalue weighted by Gasteiger charge is -2.28. The first-order valence-corrected chi connectivity index (χ1v) is 10.2. The molecule has 0 saturated heterocycles. The average Bonchev–Trinajstić information content (AvgIpc) is 2.91. The summed E-state index contributed by atoms with van der Waals surface area (Å²) in [6, 6.07) is 26.5. The van der Waals surface area contributed by atoms with Gasteiger partial charge in [0.2, 0.25) is 5.91 Å². The number of carbonyl (C=O) groups is 2. The molecule has 0 saturated carbocycles. The highest BCUT2D eigenvalue weighted by Crippen LogP contribution is 2.28. The Balaban J connectivity index is 1.73. The van der Waals surface area contributed by atoms with E-state index < -0.39 is 12.1 Å².